The summed E-state index contributed by atoms with van der Waals surface area (Å²) in [6, 6.07) is 7.97. The van der Waals surface area contributed by atoms with E-state index in [1.54, 1.807) is 18.2 Å². The van der Waals surface area contributed by atoms with Crippen LogP contribution in [0.2, 0.25) is 0 Å². The first-order chi connectivity index (χ1) is 18.4. The molecule has 11 nitrogen and oxygen atoms in total. The molecule has 4 aromatic rings. The van der Waals surface area contributed by atoms with E-state index in [1.807, 2.05) is 4.90 Å². The average molecular weight is 566 g/mol. The highest BCUT2D eigenvalue weighted by Gasteiger charge is 2.39. The van der Waals surface area contributed by atoms with Gasteiger partial charge in [-0.15, -0.1) is 5.10 Å². The Hall–Kier alpha value is -3.72. The summed E-state index contributed by atoms with van der Waals surface area (Å²) >= 11 is 0. The van der Waals surface area contributed by atoms with Crippen LogP contribution in [0.5, 0.6) is 0 Å². The predicted molar refractivity (Wildman–Crippen MR) is 137 cm³/mol. The van der Waals surface area contributed by atoms with Gasteiger partial charge in [-0.2, -0.15) is 17.7 Å². The van der Waals surface area contributed by atoms with Crippen molar-refractivity contribution in [2.45, 2.75) is 44.8 Å². The summed E-state index contributed by atoms with van der Waals surface area (Å²) in [5.41, 5.74) is -2.05. The zero-order valence-electron chi connectivity index (χ0n) is 21.1. The molecular formula is C24H26F3N7O4S. The summed E-state index contributed by atoms with van der Waals surface area (Å²) in [7, 11) is -3.33. The van der Waals surface area contributed by atoms with Crippen LogP contribution < -0.4 is 15.2 Å². The van der Waals surface area contributed by atoms with Gasteiger partial charge in [0, 0.05) is 19.1 Å². The maximum Gasteiger partial charge on any atom is 0.433 e. The minimum absolute atomic E-state index is 0.0738. The minimum Gasteiger partial charge on any atom is -0.403 e. The van der Waals surface area contributed by atoms with Gasteiger partial charge in [0.05, 0.1) is 17.5 Å². The standard InChI is InChI=1S/C24H26F3N7O4S/c1-14-17(21-30-31-23(38-21)33-13-7-6-10-16(33)11-12-28-39(2,36)37)22(35)34-20(29-14)18(15-8-4-3-5-9-15)19(32-34)24(25,26)27/h3-5,8-9,16,28,32H,6-7,10-13H2,1-2H3. The number of hydrogen-bond donors (Lipinski definition) is 2. The third kappa shape index (κ3) is 5.41. The van der Waals surface area contributed by atoms with E-state index in [1.165, 1.54) is 19.1 Å². The minimum atomic E-state index is -4.77. The van der Waals surface area contributed by atoms with Crippen LogP contribution in [0.15, 0.2) is 39.5 Å². The van der Waals surface area contributed by atoms with Crippen molar-refractivity contribution in [1.29, 1.82) is 0 Å². The number of nitrogens with zero attached hydrogens (tertiary/aromatic N) is 5. The molecule has 0 bridgehead atoms. The smallest absolute Gasteiger partial charge is 0.403 e. The molecule has 1 aliphatic rings. The molecular weight excluding hydrogens is 539 g/mol. The number of aryl methyl sites for hydroxylation is 1. The highest BCUT2D eigenvalue weighted by Crippen LogP contribution is 2.38. The van der Waals surface area contributed by atoms with Gasteiger partial charge in [0.15, 0.2) is 5.65 Å². The number of piperidine rings is 1. The predicted octanol–water partition coefficient (Wildman–Crippen LogP) is 3.37. The zero-order chi connectivity index (χ0) is 27.9. The Morgan fingerprint density at radius 2 is 1.90 bits per heavy atom. The van der Waals surface area contributed by atoms with Gasteiger partial charge in [0.1, 0.15) is 11.3 Å². The van der Waals surface area contributed by atoms with Crippen molar-refractivity contribution in [2.75, 3.05) is 24.2 Å². The topological polar surface area (TPSA) is 138 Å². The van der Waals surface area contributed by atoms with E-state index in [0.717, 1.165) is 30.0 Å². The van der Waals surface area contributed by atoms with Crippen LogP contribution >= 0.6 is 0 Å². The number of rotatable bonds is 7. The Bertz CT molecular complexity index is 1660. The van der Waals surface area contributed by atoms with Crippen LogP contribution in [0.3, 0.4) is 0 Å². The second-order valence-electron chi connectivity index (χ2n) is 9.45. The normalized spacial score (nSPS) is 16.7. The number of aromatic nitrogens is 5. The van der Waals surface area contributed by atoms with Crippen molar-refractivity contribution < 1.29 is 26.0 Å². The number of sulfonamides is 1. The lowest BCUT2D eigenvalue weighted by molar-refractivity contribution is -0.140. The van der Waals surface area contributed by atoms with Gasteiger partial charge >= 0.3 is 12.2 Å². The summed E-state index contributed by atoms with van der Waals surface area (Å²) in [5, 5.41) is 10.3. The fraction of sp³-hybridized carbons (Fsp3) is 0.417. The van der Waals surface area contributed by atoms with Gasteiger partial charge in [-0.3, -0.25) is 9.89 Å². The molecule has 5 rings (SSSR count). The highest BCUT2D eigenvalue weighted by atomic mass is 32.2. The first-order valence-electron chi connectivity index (χ1n) is 12.3. The number of H-pyrrole nitrogens is 1. The van der Waals surface area contributed by atoms with Crippen LogP contribution in [-0.4, -0.2) is 58.6 Å². The fourth-order valence-electron chi connectivity index (χ4n) is 4.90. The summed E-state index contributed by atoms with van der Waals surface area (Å²) in [6.45, 7) is 2.32. The maximum atomic E-state index is 14.0. The van der Waals surface area contributed by atoms with Crippen molar-refractivity contribution in [3.05, 3.63) is 52.1 Å². The molecule has 0 amide bonds. The Morgan fingerprint density at radius 3 is 2.59 bits per heavy atom. The van der Waals surface area contributed by atoms with E-state index in [2.05, 4.69) is 25.0 Å². The summed E-state index contributed by atoms with van der Waals surface area (Å²) in [6.07, 6.45) is -0.596. The van der Waals surface area contributed by atoms with Crippen molar-refractivity contribution in [2.24, 2.45) is 0 Å². The Labute approximate surface area is 221 Å². The Kier molecular flexibility index (Phi) is 6.97. The molecule has 39 heavy (non-hydrogen) atoms. The zero-order valence-corrected chi connectivity index (χ0v) is 21.9. The molecule has 1 saturated heterocycles. The van der Waals surface area contributed by atoms with Crippen molar-refractivity contribution in [1.82, 2.24) is 29.5 Å². The molecule has 0 aliphatic carbocycles. The van der Waals surface area contributed by atoms with Gasteiger partial charge in [0.2, 0.25) is 10.0 Å². The number of benzene rings is 1. The molecule has 1 unspecified atom stereocenters. The molecule has 1 atom stereocenters. The molecule has 0 saturated carbocycles. The fourth-order valence-corrected chi connectivity index (χ4v) is 5.39. The molecule has 0 spiro atoms. The largest absolute Gasteiger partial charge is 0.433 e. The monoisotopic (exact) mass is 565 g/mol. The van der Waals surface area contributed by atoms with E-state index in [9.17, 15) is 26.4 Å². The van der Waals surface area contributed by atoms with Crippen molar-refractivity contribution in [3.8, 4) is 22.6 Å². The van der Waals surface area contributed by atoms with Gasteiger partial charge in [-0.05, 0) is 38.2 Å². The molecule has 4 heterocycles. The second-order valence-corrected chi connectivity index (χ2v) is 11.3. The van der Waals surface area contributed by atoms with E-state index < -0.39 is 27.5 Å². The number of anilines is 1. The third-order valence-corrected chi connectivity index (χ3v) is 7.38. The average Bonchev–Trinajstić information content (AvgIpc) is 3.50. The number of nitrogens with one attached hydrogen (secondary N) is 2. The lowest BCUT2D eigenvalue weighted by Gasteiger charge is -2.34. The molecule has 1 fully saturated rings. The number of alkyl halides is 3. The van der Waals surface area contributed by atoms with Crippen molar-refractivity contribution in [3.63, 3.8) is 0 Å². The lowest BCUT2D eigenvalue weighted by Crippen LogP contribution is -2.42. The summed E-state index contributed by atoms with van der Waals surface area (Å²) < 4.78 is 73.9. The Morgan fingerprint density at radius 1 is 1.15 bits per heavy atom. The molecule has 0 radical (unpaired) electrons. The van der Waals surface area contributed by atoms with E-state index in [-0.39, 0.29) is 52.5 Å². The third-order valence-electron chi connectivity index (χ3n) is 6.65. The second kappa shape index (κ2) is 10.1. The van der Waals surface area contributed by atoms with Crippen LogP contribution in [-0.2, 0) is 16.2 Å². The van der Waals surface area contributed by atoms with E-state index >= 15 is 0 Å². The molecule has 1 aromatic carbocycles. The Balaban J connectivity index is 1.54. The van der Waals surface area contributed by atoms with Crippen LogP contribution in [0, 0.1) is 6.92 Å². The lowest BCUT2D eigenvalue weighted by atomic mass is 10.00. The number of halogens is 3. The SMILES string of the molecule is Cc1nc2c(-c3ccccc3)c(C(F)(F)F)[nH]n2c(=O)c1-c1nnc(N2CCCCC2CCNS(C)(=O)=O)o1. The first-order valence-corrected chi connectivity index (χ1v) is 14.2. The van der Waals surface area contributed by atoms with Crippen LogP contribution in [0.25, 0.3) is 28.2 Å². The number of hydrogen-bond acceptors (Lipinski definition) is 8. The molecule has 1 aliphatic heterocycles. The summed E-state index contributed by atoms with van der Waals surface area (Å²) in [5.74, 6) is -0.169. The molecule has 208 valence electrons. The summed E-state index contributed by atoms with van der Waals surface area (Å²) in [4.78, 5) is 19.7. The van der Waals surface area contributed by atoms with Crippen LogP contribution in [0.4, 0.5) is 19.2 Å². The van der Waals surface area contributed by atoms with E-state index in [0.29, 0.717) is 13.0 Å². The van der Waals surface area contributed by atoms with Crippen molar-refractivity contribution >= 4 is 21.7 Å². The number of aromatic amines is 1. The molecule has 15 heteroatoms. The quantitative estimate of drug-likeness (QED) is 0.348. The van der Waals surface area contributed by atoms with Gasteiger partial charge in [0.25, 0.3) is 11.4 Å². The number of fused-ring (bicyclic) bond motifs is 1. The van der Waals surface area contributed by atoms with Gasteiger partial charge in [-0.25, -0.2) is 18.1 Å². The maximum absolute atomic E-state index is 14.0. The van der Waals surface area contributed by atoms with Gasteiger partial charge in [-0.1, -0.05) is 35.4 Å². The van der Waals surface area contributed by atoms with Crippen LogP contribution in [0.1, 0.15) is 37.1 Å². The van der Waals surface area contributed by atoms with E-state index in [4.69, 9.17) is 4.42 Å². The van der Waals surface area contributed by atoms with Gasteiger partial charge < -0.3 is 9.32 Å². The molecule has 3 aromatic heterocycles. The molecule has 2 N–H and O–H groups in total. The highest BCUT2D eigenvalue weighted by molar-refractivity contribution is 7.88. The first kappa shape index (κ1) is 26.9.